The maximum Gasteiger partial charge on any atom is 0.262 e. The highest BCUT2D eigenvalue weighted by Gasteiger charge is 2.34. The fourth-order valence-corrected chi connectivity index (χ4v) is 6.64. The second kappa shape index (κ2) is 10.1. The highest BCUT2D eigenvalue weighted by atomic mass is 32.2. The number of hydrogen-bond acceptors (Lipinski definition) is 7. The zero-order chi connectivity index (χ0) is 23.4. The van der Waals surface area contributed by atoms with Gasteiger partial charge in [-0.05, 0) is 37.1 Å². The molecule has 4 rings (SSSR count). The first-order valence-corrected chi connectivity index (χ1v) is 13.8. The summed E-state index contributed by atoms with van der Waals surface area (Å²) in [6.45, 7) is 2.77. The standard InChI is InChI=1S/C23H27N3O5S2/c1-2-3-11-25(17-10-13-33(29,30)16-17)21(27)15-32-23-24-20-9-5-4-8-19(20)22(28)26(23)14-18-7-6-12-31-18/h4-9,12,17H,2-3,10-11,13-16H2,1H3. The summed E-state index contributed by atoms with van der Waals surface area (Å²) < 4.78 is 30.9. The number of sulfone groups is 1. The summed E-state index contributed by atoms with van der Waals surface area (Å²) in [6.07, 6.45) is 3.74. The molecule has 1 unspecified atom stereocenters. The smallest absolute Gasteiger partial charge is 0.262 e. The third-order valence-corrected chi connectivity index (χ3v) is 8.48. The van der Waals surface area contributed by atoms with E-state index >= 15 is 0 Å². The topological polar surface area (TPSA) is 102 Å². The Bertz CT molecular complexity index is 1290. The van der Waals surface area contributed by atoms with E-state index in [0.717, 1.165) is 12.8 Å². The molecule has 33 heavy (non-hydrogen) atoms. The highest BCUT2D eigenvalue weighted by Crippen LogP contribution is 2.23. The molecule has 1 atom stereocenters. The maximum atomic E-state index is 13.2. The molecule has 2 aromatic heterocycles. The number of carbonyl (C=O) groups is 1. The number of thioether (sulfide) groups is 1. The van der Waals surface area contributed by atoms with Crippen molar-refractivity contribution in [3.8, 4) is 0 Å². The number of para-hydroxylation sites is 1. The third-order valence-electron chi connectivity index (χ3n) is 5.77. The normalized spacial score (nSPS) is 17.4. The zero-order valence-electron chi connectivity index (χ0n) is 18.5. The molecule has 8 nitrogen and oxygen atoms in total. The van der Waals surface area contributed by atoms with Crippen LogP contribution < -0.4 is 5.56 Å². The summed E-state index contributed by atoms with van der Waals surface area (Å²) in [4.78, 5) is 32.7. The van der Waals surface area contributed by atoms with Crippen LogP contribution in [0.4, 0.5) is 0 Å². The molecule has 1 saturated heterocycles. The van der Waals surface area contributed by atoms with E-state index in [1.54, 1.807) is 41.5 Å². The zero-order valence-corrected chi connectivity index (χ0v) is 20.1. The molecule has 3 heterocycles. The molecule has 0 radical (unpaired) electrons. The van der Waals surface area contributed by atoms with E-state index in [-0.39, 0.29) is 41.3 Å². The molecule has 0 spiro atoms. The van der Waals surface area contributed by atoms with Gasteiger partial charge in [-0.15, -0.1) is 0 Å². The Kier molecular flexibility index (Phi) is 7.23. The molecule has 1 amide bonds. The minimum Gasteiger partial charge on any atom is -0.467 e. The number of hydrogen-bond donors (Lipinski definition) is 0. The fourth-order valence-electron chi connectivity index (χ4n) is 4.03. The number of amides is 1. The Hall–Kier alpha value is -2.59. The van der Waals surface area contributed by atoms with Crippen LogP contribution in [0.2, 0.25) is 0 Å². The molecular formula is C23H27N3O5S2. The van der Waals surface area contributed by atoms with Gasteiger partial charge in [-0.1, -0.05) is 37.2 Å². The van der Waals surface area contributed by atoms with E-state index in [2.05, 4.69) is 4.98 Å². The van der Waals surface area contributed by atoms with Gasteiger partial charge in [-0.3, -0.25) is 14.2 Å². The third kappa shape index (κ3) is 5.50. The Balaban J connectivity index is 1.59. The van der Waals surface area contributed by atoms with Crippen molar-refractivity contribution in [3.05, 3.63) is 58.8 Å². The average Bonchev–Trinajstić information content (AvgIpc) is 3.44. The van der Waals surface area contributed by atoms with Crippen molar-refractivity contribution in [2.24, 2.45) is 0 Å². The number of nitrogens with zero attached hydrogens (tertiary/aromatic N) is 3. The SMILES string of the molecule is CCCCN(C(=O)CSc1nc2ccccc2c(=O)n1Cc1ccco1)C1CCS(=O)(=O)C1. The van der Waals surface area contributed by atoms with Crippen LogP contribution in [0.1, 0.15) is 31.9 Å². The molecule has 0 N–H and O–H groups in total. The second-order valence-electron chi connectivity index (χ2n) is 8.17. The predicted molar refractivity (Wildman–Crippen MR) is 128 cm³/mol. The van der Waals surface area contributed by atoms with Gasteiger partial charge in [-0.25, -0.2) is 13.4 Å². The van der Waals surface area contributed by atoms with Gasteiger partial charge in [-0.2, -0.15) is 0 Å². The van der Waals surface area contributed by atoms with Gasteiger partial charge in [0.15, 0.2) is 15.0 Å². The van der Waals surface area contributed by atoms with E-state index in [1.165, 1.54) is 16.3 Å². The van der Waals surface area contributed by atoms with Gasteiger partial charge >= 0.3 is 0 Å². The number of benzene rings is 1. The number of furan rings is 1. The lowest BCUT2D eigenvalue weighted by Crippen LogP contribution is -2.42. The Morgan fingerprint density at radius 3 is 2.79 bits per heavy atom. The van der Waals surface area contributed by atoms with Crippen molar-refractivity contribution < 1.29 is 17.6 Å². The van der Waals surface area contributed by atoms with Crippen LogP contribution >= 0.6 is 11.8 Å². The van der Waals surface area contributed by atoms with Crippen LogP contribution in [0, 0.1) is 0 Å². The van der Waals surface area contributed by atoms with E-state index < -0.39 is 9.84 Å². The van der Waals surface area contributed by atoms with Crippen LogP contribution in [0.3, 0.4) is 0 Å². The Labute approximate surface area is 196 Å². The van der Waals surface area contributed by atoms with Crippen molar-refractivity contribution in [1.82, 2.24) is 14.5 Å². The second-order valence-corrected chi connectivity index (χ2v) is 11.3. The largest absolute Gasteiger partial charge is 0.467 e. The van der Waals surface area contributed by atoms with Gasteiger partial charge in [0.25, 0.3) is 5.56 Å². The number of unbranched alkanes of at least 4 members (excludes halogenated alkanes) is 1. The van der Waals surface area contributed by atoms with Crippen LogP contribution in [0.5, 0.6) is 0 Å². The van der Waals surface area contributed by atoms with Crippen LogP contribution in [0.25, 0.3) is 10.9 Å². The van der Waals surface area contributed by atoms with Gasteiger partial charge in [0, 0.05) is 12.6 Å². The summed E-state index contributed by atoms with van der Waals surface area (Å²) in [7, 11) is -3.10. The van der Waals surface area contributed by atoms with Gasteiger partial charge < -0.3 is 9.32 Å². The summed E-state index contributed by atoms with van der Waals surface area (Å²) >= 11 is 1.20. The average molecular weight is 490 g/mol. The summed E-state index contributed by atoms with van der Waals surface area (Å²) in [6, 6.07) is 10.4. The first-order valence-electron chi connectivity index (χ1n) is 11.0. The van der Waals surface area contributed by atoms with Gasteiger partial charge in [0.1, 0.15) is 5.76 Å². The molecule has 1 aromatic carbocycles. The van der Waals surface area contributed by atoms with Crippen molar-refractivity contribution in [2.75, 3.05) is 23.8 Å². The first-order chi connectivity index (χ1) is 15.9. The van der Waals surface area contributed by atoms with Crippen LogP contribution in [-0.2, 0) is 21.2 Å². The first kappa shape index (κ1) is 23.6. The molecule has 1 aliphatic rings. The maximum absolute atomic E-state index is 13.2. The summed E-state index contributed by atoms with van der Waals surface area (Å²) in [5.41, 5.74) is 0.370. The number of carbonyl (C=O) groups excluding carboxylic acids is 1. The quantitative estimate of drug-likeness (QED) is 0.336. The summed E-state index contributed by atoms with van der Waals surface area (Å²) in [5, 5.41) is 0.929. The minimum atomic E-state index is -3.10. The Morgan fingerprint density at radius 1 is 1.27 bits per heavy atom. The highest BCUT2D eigenvalue weighted by molar-refractivity contribution is 7.99. The molecule has 1 fully saturated rings. The lowest BCUT2D eigenvalue weighted by atomic mass is 10.2. The molecule has 0 aliphatic carbocycles. The van der Waals surface area contributed by atoms with E-state index in [1.807, 2.05) is 13.0 Å². The van der Waals surface area contributed by atoms with Crippen molar-refractivity contribution in [3.63, 3.8) is 0 Å². The summed E-state index contributed by atoms with van der Waals surface area (Å²) in [5.74, 6) is 0.689. The molecular weight excluding hydrogens is 462 g/mol. The van der Waals surface area contributed by atoms with Gasteiger partial charge in [0.05, 0.1) is 41.0 Å². The predicted octanol–water partition coefficient (Wildman–Crippen LogP) is 2.95. The lowest BCUT2D eigenvalue weighted by molar-refractivity contribution is -0.130. The number of rotatable bonds is 9. The van der Waals surface area contributed by atoms with E-state index in [9.17, 15) is 18.0 Å². The fraction of sp³-hybridized carbons (Fsp3) is 0.435. The van der Waals surface area contributed by atoms with Crippen molar-refractivity contribution in [1.29, 1.82) is 0 Å². The van der Waals surface area contributed by atoms with Crippen molar-refractivity contribution >= 4 is 38.4 Å². The lowest BCUT2D eigenvalue weighted by Gasteiger charge is -2.28. The molecule has 176 valence electrons. The number of fused-ring (bicyclic) bond motifs is 1. The van der Waals surface area contributed by atoms with Crippen LogP contribution in [0.15, 0.2) is 57.0 Å². The number of aromatic nitrogens is 2. The van der Waals surface area contributed by atoms with Crippen molar-refractivity contribution in [2.45, 2.75) is 43.9 Å². The molecule has 10 heteroatoms. The van der Waals surface area contributed by atoms with E-state index in [4.69, 9.17) is 4.42 Å². The Morgan fingerprint density at radius 2 is 2.09 bits per heavy atom. The minimum absolute atomic E-state index is 0.0184. The molecule has 0 saturated carbocycles. The monoisotopic (exact) mass is 489 g/mol. The van der Waals surface area contributed by atoms with Crippen LogP contribution in [-0.4, -0.2) is 58.6 Å². The molecule has 0 bridgehead atoms. The van der Waals surface area contributed by atoms with Gasteiger partial charge in [0.2, 0.25) is 5.91 Å². The molecule has 1 aliphatic heterocycles. The molecule has 3 aromatic rings. The van der Waals surface area contributed by atoms with E-state index in [0.29, 0.717) is 34.8 Å².